The summed E-state index contributed by atoms with van der Waals surface area (Å²) in [6, 6.07) is 6.18. The van der Waals surface area contributed by atoms with Crippen LogP contribution in [0.2, 0.25) is 0 Å². The minimum Gasteiger partial charge on any atom is -0.479 e. The van der Waals surface area contributed by atoms with Gasteiger partial charge in [-0.15, -0.1) is 0 Å². The molecule has 114 valence electrons. The van der Waals surface area contributed by atoms with Crippen LogP contribution in [0.15, 0.2) is 29.2 Å². The van der Waals surface area contributed by atoms with E-state index in [1.807, 2.05) is 0 Å². The maximum absolute atomic E-state index is 12.4. The summed E-state index contributed by atoms with van der Waals surface area (Å²) in [6.45, 7) is 0. The highest BCUT2D eigenvalue weighted by Gasteiger charge is 2.34. The first-order valence-electron chi connectivity index (χ1n) is 6.20. The molecule has 2 atom stereocenters. The Morgan fingerprint density at radius 1 is 1.29 bits per heavy atom. The molecule has 8 heteroatoms. The zero-order valence-electron chi connectivity index (χ0n) is 10.8. The molecule has 0 saturated carbocycles. The fraction of sp³-hybridized carbons (Fsp3) is 0.385. The first-order valence-corrected chi connectivity index (χ1v) is 7.08. The smallest absolute Gasteiger partial charge is 0.332 e. The van der Waals surface area contributed by atoms with Gasteiger partial charge >= 0.3 is 5.97 Å². The van der Waals surface area contributed by atoms with E-state index in [9.17, 15) is 18.4 Å². The van der Waals surface area contributed by atoms with Gasteiger partial charge in [0.1, 0.15) is 6.10 Å². The van der Waals surface area contributed by atoms with Crippen molar-refractivity contribution in [3.63, 3.8) is 0 Å². The number of carboxylic acid groups (broad SMARTS) is 1. The predicted molar refractivity (Wildman–Crippen MR) is 72.5 cm³/mol. The monoisotopic (exact) mass is 317 g/mol. The molecule has 0 bridgehead atoms. The molecule has 2 rings (SSSR count). The van der Waals surface area contributed by atoms with Gasteiger partial charge in [-0.1, -0.05) is 23.9 Å². The number of anilines is 1. The van der Waals surface area contributed by atoms with E-state index in [2.05, 4.69) is 5.32 Å². The van der Waals surface area contributed by atoms with Crippen LogP contribution in [0, 0.1) is 0 Å². The molecule has 2 unspecified atom stereocenters. The van der Waals surface area contributed by atoms with E-state index >= 15 is 0 Å². The first kappa shape index (κ1) is 15.7. The molecule has 1 aliphatic heterocycles. The van der Waals surface area contributed by atoms with Gasteiger partial charge < -0.3 is 15.2 Å². The lowest BCUT2D eigenvalue weighted by atomic mass is 10.2. The Morgan fingerprint density at radius 3 is 2.57 bits per heavy atom. The van der Waals surface area contributed by atoms with Crippen LogP contribution in [0.5, 0.6) is 0 Å². The summed E-state index contributed by atoms with van der Waals surface area (Å²) < 4.78 is 30.0. The first-order chi connectivity index (χ1) is 9.97. The minimum absolute atomic E-state index is 0.244. The molecule has 0 radical (unpaired) electrons. The summed E-state index contributed by atoms with van der Waals surface area (Å²) in [5, 5.41) is 11.3. The number of rotatable bonds is 5. The van der Waals surface area contributed by atoms with Gasteiger partial charge in [-0.25, -0.2) is 4.79 Å². The number of carboxylic acids is 1. The van der Waals surface area contributed by atoms with E-state index in [-0.39, 0.29) is 23.4 Å². The number of para-hydroxylation sites is 1. The zero-order chi connectivity index (χ0) is 15.4. The molecule has 1 amide bonds. The third kappa shape index (κ3) is 4.15. The van der Waals surface area contributed by atoms with E-state index in [0.29, 0.717) is 11.8 Å². The maximum Gasteiger partial charge on any atom is 0.332 e. The summed E-state index contributed by atoms with van der Waals surface area (Å²) in [4.78, 5) is 23.0. The van der Waals surface area contributed by atoms with E-state index < -0.39 is 29.8 Å². The Morgan fingerprint density at radius 2 is 1.95 bits per heavy atom. The van der Waals surface area contributed by atoms with Crippen LogP contribution in [0.3, 0.4) is 0 Å². The highest BCUT2D eigenvalue weighted by Crippen LogP contribution is 2.32. The van der Waals surface area contributed by atoms with Crippen LogP contribution in [0.25, 0.3) is 0 Å². The molecule has 0 aromatic heterocycles. The minimum atomic E-state index is -2.60. The molecular formula is C13H13F2NO4S. The Hall–Kier alpha value is -1.67. The lowest BCUT2D eigenvalue weighted by molar-refractivity contribution is -0.150. The molecule has 1 aromatic carbocycles. The van der Waals surface area contributed by atoms with Crippen LogP contribution in [0.4, 0.5) is 14.5 Å². The van der Waals surface area contributed by atoms with Gasteiger partial charge in [0.25, 0.3) is 11.7 Å². The van der Waals surface area contributed by atoms with Crippen molar-refractivity contribution in [2.24, 2.45) is 0 Å². The maximum atomic E-state index is 12.4. The number of alkyl halides is 2. The van der Waals surface area contributed by atoms with E-state index in [0.717, 1.165) is 0 Å². The second-order valence-corrected chi connectivity index (χ2v) is 5.42. The highest BCUT2D eigenvalue weighted by molar-refractivity contribution is 7.99. The Labute approximate surface area is 123 Å². The van der Waals surface area contributed by atoms with E-state index in [1.165, 1.54) is 12.1 Å². The standard InChI is InChI=1S/C13H13F2NO4S/c14-13(15)21-10-4-2-1-3-7(10)16-11(17)8-5-6-9(20-8)12(18)19/h1-4,8-9,13H,5-6H2,(H,16,17)(H,18,19). The van der Waals surface area contributed by atoms with Crippen LogP contribution in [0.1, 0.15) is 12.8 Å². The number of carbonyl (C=O) groups excluding carboxylic acids is 1. The number of aliphatic carboxylic acids is 1. The van der Waals surface area contributed by atoms with Crippen molar-refractivity contribution < 1.29 is 28.2 Å². The van der Waals surface area contributed by atoms with Crippen molar-refractivity contribution >= 4 is 29.3 Å². The molecule has 1 aliphatic rings. The molecule has 0 aliphatic carbocycles. The Kier molecular flexibility index (Phi) is 5.13. The number of nitrogens with one attached hydrogen (secondary N) is 1. The summed E-state index contributed by atoms with van der Waals surface area (Å²) >= 11 is 0.332. The number of carbonyl (C=O) groups is 2. The lowest BCUT2D eigenvalue weighted by Crippen LogP contribution is -2.30. The van der Waals surface area contributed by atoms with Crippen LogP contribution < -0.4 is 5.32 Å². The van der Waals surface area contributed by atoms with Crippen molar-refractivity contribution in [3.05, 3.63) is 24.3 Å². The van der Waals surface area contributed by atoms with Crippen molar-refractivity contribution in [3.8, 4) is 0 Å². The molecule has 1 aromatic rings. The molecule has 5 nitrogen and oxygen atoms in total. The predicted octanol–water partition coefficient (Wildman–Crippen LogP) is 2.57. The summed E-state index contributed by atoms with van der Waals surface area (Å²) in [7, 11) is 0. The van der Waals surface area contributed by atoms with E-state index in [1.54, 1.807) is 12.1 Å². The molecule has 0 spiro atoms. The molecule has 1 saturated heterocycles. The normalized spacial score (nSPS) is 21.5. The molecular weight excluding hydrogens is 304 g/mol. The summed E-state index contributed by atoms with van der Waals surface area (Å²) in [5.41, 5.74) is 0.259. The molecule has 21 heavy (non-hydrogen) atoms. The van der Waals surface area contributed by atoms with Crippen LogP contribution in [-0.2, 0) is 14.3 Å². The summed E-state index contributed by atoms with van der Waals surface area (Å²) in [5.74, 6) is -4.23. The molecule has 1 fully saturated rings. The van der Waals surface area contributed by atoms with Crippen LogP contribution in [-0.4, -0.2) is 34.9 Å². The number of ether oxygens (including phenoxy) is 1. The SMILES string of the molecule is O=C(O)C1CCC(C(=O)Nc2ccccc2SC(F)F)O1. The van der Waals surface area contributed by atoms with Crippen molar-refractivity contribution in [1.29, 1.82) is 0 Å². The highest BCUT2D eigenvalue weighted by atomic mass is 32.2. The van der Waals surface area contributed by atoms with Gasteiger partial charge in [0.15, 0.2) is 6.10 Å². The fourth-order valence-electron chi connectivity index (χ4n) is 1.99. The Bertz CT molecular complexity index is 541. The van der Waals surface area contributed by atoms with Gasteiger partial charge in [0, 0.05) is 4.90 Å². The molecule has 1 heterocycles. The van der Waals surface area contributed by atoms with Gasteiger partial charge in [0.2, 0.25) is 0 Å². The number of thioether (sulfide) groups is 1. The van der Waals surface area contributed by atoms with Gasteiger partial charge in [0.05, 0.1) is 5.69 Å². The van der Waals surface area contributed by atoms with Crippen molar-refractivity contribution in [1.82, 2.24) is 0 Å². The van der Waals surface area contributed by atoms with Crippen molar-refractivity contribution in [2.45, 2.75) is 35.7 Å². The van der Waals surface area contributed by atoms with Gasteiger partial charge in [-0.3, -0.25) is 4.79 Å². The largest absolute Gasteiger partial charge is 0.479 e. The third-order valence-electron chi connectivity index (χ3n) is 2.95. The molecule has 2 N–H and O–H groups in total. The second kappa shape index (κ2) is 6.86. The topological polar surface area (TPSA) is 75.6 Å². The quantitative estimate of drug-likeness (QED) is 0.816. The number of benzene rings is 1. The number of amides is 1. The number of hydrogen-bond donors (Lipinski definition) is 2. The zero-order valence-corrected chi connectivity index (χ0v) is 11.6. The Balaban J connectivity index is 2.02. The second-order valence-electron chi connectivity index (χ2n) is 4.39. The fourth-order valence-corrected chi connectivity index (χ4v) is 2.59. The van der Waals surface area contributed by atoms with E-state index in [4.69, 9.17) is 9.84 Å². The number of hydrogen-bond acceptors (Lipinski definition) is 4. The van der Waals surface area contributed by atoms with Crippen LogP contribution >= 0.6 is 11.8 Å². The third-order valence-corrected chi connectivity index (χ3v) is 3.74. The lowest BCUT2D eigenvalue weighted by Gasteiger charge is -2.14. The number of halogens is 2. The summed E-state index contributed by atoms with van der Waals surface area (Å²) in [6.07, 6.45) is -1.34. The van der Waals surface area contributed by atoms with Crippen molar-refractivity contribution in [2.75, 3.05) is 5.32 Å². The average molecular weight is 317 g/mol. The van der Waals surface area contributed by atoms with Gasteiger partial charge in [-0.2, -0.15) is 8.78 Å². The van der Waals surface area contributed by atoms with Gasteiger partial charge in [-0.05, 0) is 25.0 Å². The average Bonchev–Trinajstić information content (AvgIpc) is 2.90.